The smallest absolute Gasteiger partial charge is 0.264 e. The monoisotopic (exact) mass is 457 g/mol. The lowest BCUT2D eigenvalue weighted by atomic mass is 10.2. The van der Waals surface area contributed by atoms with E-state index in [2.05, 4.69) is 21.2 Å². The van der Waals surface area contributed by atoms with Gasteiger partial charge in [-0.1, -0.05) is 12.0 Å². The number of nitrogens with one attached hydrogen (secondary N) is 1. The van der Waals surface area contributed by atoms with Crippen molar-refractivity contribution < 1.29 is 26.8 Å². The number of terminal acetylenes is 1. The Bertz CT molecular complexity index is 1220. The lowest BCUT2D eigenvalue weighted by Crippen LogP contribution is -2.12. The maximum atomic E-state index is 11.1. The van der Waals surface area contributed by atoms with E-state index in [1.54, 1.807) is 19.2 Å². The predicted molar refractivity (Wildman–Crippen MR) is 121 cm³/mol. The molecule has 9 nitrogen and oxygen atoms in total. The summed E-state index contributed by atoms with van der Waals surface area (Å²) in [5.41, 5.74) is 2.12. The Balaban J connectivity index is 1.90. The summed E-state index contributed by atoms with van der Waals surface area (Å²) in [6.45, 7) is 0.549. The van der Waals surface area contributed by atoms with E-state index in [-0.39, 0.29) is 13.2 Å². The van der Waals surface area contributed by atoms with Crippen LogP contribution in [0.4, 0.5) is 11.5 Å². The molecule has 0 aliphatic rings. The summed E-state index contributed by atoms with van der Waals surface area (Å²) >= 11 is 0. The summed E-state index contributed by atoms with van der Waals surface area (Å²) in [4.78, 5) is 8.66. The fourth-order valence-corrected chi connectivity index (χ4v) is 3.16. The Labute approximate surface area is 186 Å². The van der Waals surface area contributed by atoms with Crippen LogP contribution in [0.5, 0.6) is 11.5 Å². The Morgan fingerprint density at radius 2 is 1.78 bits per heavy atom. The van der Waals surface area contributed by atoms with E-state index in [4.69, 9.17) is 24.8 Å². The first-order chi connectivity index (χ1) is 15.4. The highest BCUT2D eigenvalue weighted by Crippen LogP contribution is 2.35. The minimum Gasteiger partial charge on any atom is -0.487 e. The molecule has 1 heterocycles. The SMILES string of the molecule is C#Cc1cccc(Nc2ncnc3cc(OCCOS(C)(=O)=O)c(OCCOC)cc23)c1. The molecule has 0 atom stereocenters. The molecular formula is C22H23N3O6S. The summed E-state index contributed by atoms with van der Waals surface area (Å²) < 4.78 is 43.5. The van der Waals surface area contributed by atoms with Crippen molar-refractivity contribution in [3.63, 3.8) is 0 Å². The highest BCUT2D eigenvalue weighted by Gasteiger charge is 2.13. The first-order valence-corrected chi connectivity index (χ1v) is 11.4. The lowest BCUT2D eigenvalue weighted by molar-refractivity contribution is 0.142. The molecule has 0 fully saturated rings. The predicted octanol–water partition coefficient (Wildman–Crippen LogP) is 2.73. The molecule has 3 aromatic rings. The zero-order valence-electron chi connectivity index (χ0n) is 17.7. The van der Waals surface area contributed by atoms with Gasteiger partial charge in [-0.2, -0.15) is 8.42 Å². The molecule has 0 aliphatic carbocycles. The van der Waals surface area contributed by atoms with Crippen LogP contribution >= 0.6 is 0 Å². The van der Waals surface area contributed by atoms with Gasteiger partial charge in [0.25, 0.3) is 10.1 Å². The summed E-state index contributed by atoms with van der Waals surface area (Å²) in [5.74, 6) is 3.99. The summed E-state index contributed by atoms with van der Waals surface area (Å²) in [7, 11) is -1.98. The lowest BCUT2D eigenvalue weighted by Gasteiger charge is -2.15. The number of nitrogens with zero attached hydrogens (tertiary/aromatic N) is 2. The van der Waals surface area contributed by atoms with Crippen molar-refractivity contribution in [2.24, 2.45) is 0 Å². The van der Waals surface area contributed by atoms with E-state index in [0.717, 1.165) is 17.5 Å². The molecule has 1 N–H and O–H groups in total. The van der Waals surface area contributed by atoms with Gasteiger partial charge >= 0.3 is 0 Å². The zero-order chi connectivity index (χ0) is 23.0. The van der Waals surface area contributed by atoms with Gasteiger partial charge in [0.15, 0.2) is 11.5 Å². The second kappa shape index (κ2) is 10.8. The normalized spacial score (nSPS) is 11.2. The van der Waals surface area contributed by atoms with Gasteiger partial charge < -0.3 is 19.5 Å². The summed E-state index contributed by atoms with van der Waals surface area (Å²) in [6, 6.07) is 10.9. The van der Waals surface area contributed by atoms with Crippen LogP contribution in [0, 0.1) is 12.3 Å². The molecule has 0 spiro atoms. The van der Waals surface area contributed by atoms with Crippen LogP contribution < -0.4 is 14.8 Å². The summed E-state index contributed by atoms with van der Waals surface area (Å²) in [5, 5.41) is 3.95. The number of methoxy groups -OCH3 is 1. The van der Waals surface area contributed by atoms with Gasteiger partial charge in [0, 0.05) is 29.8 Å². The van der Waals surface area contributed by atoms with Crippen LogP contribution in [0.25, 0.3) is 10.9 Å². The van der Waals surface area contributed by atoms with Crippen LogP contribution in [-0.2, 0) is 19.0 Å². The number of fused-ring (bicyclic) bond motifs is 1. The minimum atomic E-state index is -3.55. The van der Waals surface area contributed by atoms with Gasteiger partial charge in [-0.15, -0.1) is 6.42 Å². The average Bonchev–Trinajstić information content (AvgIpc) is 2.77. The van der Waals surface area contributed by atoms with Crippen molar-refractivity contribution in [1.29, 1.82) is 0 Å². The van der Waals surface area contributed by atoms with Crippen molar-refractivity contribution in [3.05, 3.63) is 48.3 Å². The van der Waals surface area contributed by atoms with Gasteiger partial charge in [-0.3, -0.25) is 4.18 Å². The molecule has 0 unspecified atom stereocenters. The van der Waals surface area contributed by atoms with Crippen molar-refractivity contribution in [3.8, 4) is 23.8 Å². The average molecular weight is 458 g/mol. The molecule has 0 aliphatic heterocycles. The third-order valence-electron chi connectivity index (χ3n) is 4.18. The second-order valence-corrected chi connectivity index (χ2v) is 8.25. The van der Waals surface area contributed by atoms with Crippen molar-refractivity contribution in [2.75, 3.05) is 45.1 Å². The molecule has 0 radical (unpaired) electrons. The van der Waals surface area contributed by atoms with Crippen LogP contribution in [0.3, 0.4) is 0 Å². The Morgan fingerprint density at radius 1 is 1.03 bits per heavy atom. The van der Waals surface area contributed by atoms with Gasteiger partial charge in [0.05, 0.1) is 18.4 Å². The van der Waals surface area contributed by atoms with Crippen LogP contribution in [-0.4, -0.2) is 58.2 Å². The third kappa shape index (κ3) is 6.55. The zero-order valence-corrected chi connectivity index (χ0v) is 18.5. The minimum absolute atomic E-state index is 0.00822. The number of hydrogen-bond acceptors (Lipinski definition) is 9. The van der Waals surface area contributed by atoms with Gasteiger partial charge in [0.2, 0.25) is 0 Å². The van der Waals surface area contributed by atoms with Crippen LogP contribution in [0.1, 0.15) is 5.56 Å². The quantitative estimate of drug-likeness (QED) is 0.264. The maximum Gasteiger partial charge on any atom is 0.264 e. The maximum absolute atomic E-state index is 11.1. The Morgan fingerprint density at radius 3 is 2.50 bits per heavy atom. The third-order valence-corrected chi connectivity index (χ3v) is 4.77. The van der Waals surface area contributed by atoms with E-state index in [0.29, 0.717) is 41.4 Å². The molecule has 3 rings (SSSR count). The van der Waals surface area contributed by atoms with Crippen LogP contribution in [0.15, 0.2) is 42.7 Å². The number of benzene rings is 2. The number of aromatic nitrogens is 2. The first-order valence-electron chi connectivity index (χ1n) is 9.61. The molecule has 32 heavy (non-hydrogen) atoms. The van der Waals surface area contributed by atoms with Crippen molar-refractivity contribution in [2.45, 2.75) is 0 Å². The first kappa shape index (κ1) is 23.3. The fraction of sp³-hybridized carbons (Fsp3) is 0.273. The number of anilines is 2. The van der Waals surface area contributed by atoms with Crippen LogP contribution in [0.2, 0.25) is 0 Å². The number of ether oxygens (including phenoxy) is 3. The van der Waals surface area contributed by atoms with E-state index in [9.17, 15) is 8.42 Å². The molecule has 2 aromatic carbocycles. The topological polar surface area (TPSA) is 109 Å². The molecule has 10 heteroatoms. The Hall–Kier alpha value is -3.39. The van der Waals surface area contributed by atoms with E-state index >= 15 is 0 Å². The summed E-state index contributed by atoms with van der Waals surface area (Å²) in [6.07, 6.45) is 7.89. The molecule has 168 valence electrons. The standard InChI is InChI=1S/C22H23N3O6S/c1-4-16-6-5-7-17(12-16)25-22-18-13-20(29-9-8-28-2)21(14-19(18)23-15-24-22)30-10-11-31-32(3,26)27/h1,5-7,12-15H,8-11H2,2-3H3,(H,23,24,25). The van der Waals surface area contributed by atoms with Gasteiger partial charge in [0.1, 0.15) is 32.0 Å². The van der Waals surface area contributed by atoms with Crippen molar-refractivity contribution >= 4 is 32.5 Å². The molecular weight excluding hydrogens is 434 g/mol. The highest BCUT2D eigenvalue weighted by molar-refractivity contribution is 7.85. The van der Waals surface area contributed by atoms with E-state index < -0.39 is 10.1 Å². The fourth-order valence-electron chi connectivity index (χ4n) is 2.78. The van der Waals surface area contributed by atoms with Gasteiger partial charge in [-0.05, 0) is 24.3 Å². The van der Waals surface area contributed by atoms with E-state index in [1.165, 1.54) is 6.33 Å². The van der Waals surface area contributed by atoms with E-state index in [1.807, 2.05) is 24.3 Å². The largest absolute Gasteiger partial charge is 0.487 e. The molecule has 0 saturated heterocycles. The van der Waals surface area contributed by atoms with Gasteiger partial charge in [-0.25, -0.2) is 9.97 Å². The highest BCUT2D eigenvalue weighted by atomic mass is 32.2. The number of hydrogen-bond donors (Lipinski definition) is 1. The second-order valence-electron chi connectivity index (χ2n) is 6.60. The number of rotatable bonds is 11. The molecule has 1 aromatic heterocycles. The van der Waals surface area contributed by atoms with Crippen molar-refractivity contribution in [1.82, 2.24) is 9.97 Å². The Kier molecular flexibility index (Phi) is 7.83. The molecule has 0 bridgehead atoms. The molecule has 0 saturated carbocycles. The molecule has 0 amide bonds.